The van der Waals surface area contributed by atoms with Crippen molar-refractivity contribution in [3.63, 3.8) is 0 Å². The number of allylic oxidation sites excluding steroid dienone is 2. The molecule has 0 saturated heterocycles. The third-order valence-corrected chi connectivity index (χ3v) is 9.09. The van der Waals surface area contributed by atoms with Crippen LogP contribution in [0.3, 0.4) is 0 Å². The second-order valence-electron chi connectivity index (χ2n) is 10.5. The van der Waals surface area contributed by atoms with Gasteiger partial charge in [-0.3, -0.25) is 4.98 Å². The summed E-state index contributed by atoms with van der Waals surface area (Å²) in [5.74, 6) is 0.780. The van der Waals surface area contributed by atoms with E-state index in [1.807, 2.05) is 6.08 Å². The molecule has 0 fully saturated rings. The molecule has 3 aromatic rings. The maximum Gasteiger partial charge on any atom is 0.0693 e. The highest BCUT2D eigenvalue weighted by Crippen LogP contribution is 2.42. The number of H-pyrrole nitrogens is 2. The molecular formula is C32H37IN4. The summed E-state index contributed by atoms with van der Waals surface area (Å²) in [7, 11) is 0. The van der Waals surface area contributed by atoms with Crippen molar-refractivity contribution in [1.29, 1.82) is 0 Å². The van der Waals surface area contributed by atoms with Gasteiger partial charge in [0.25, 0.3) is 0 Å². The average Bonchev–Trinajstić information content (AvgIpc) is 3.57. The van der Waals surface area contributed by atoms with E-state index in [9.17, 15) is 0 Å². The van der Waals surface area contributed by atoms with Crippen LogP contribution in [-0.2, 0) is 0 Å². The monoisotopic (exact) mass is 604 g/mol. The molecule has 0 saturated carbocycles. The molecule has 2 N–H and O–H groups in total. The summed E-state index contributed by atoms with van der Waals surface area (Å²) in [6, 6.07) is 8.94. The van der Waals surface area contributed by atoms with Gasteiger partial charge in [-0.2, -0.15) is 0 Å². The molecule has 0 aliphatic carbocycles. The van der Waals surface area contributed by atoms with Crippen molar-refractivity contribution in [1.82, 2.24) is 19.9 Å². The first-order valence-electron chi connectivity index (χ1n) is 13.4. The van der Waals surface area contributed by atoms with Crippen molar-refractivity contribution >= 4 is 61.9 Å². The topological polar surface area (TPSA) is 57.4 Å². The Bertz CT molecular complexity index is 1580. The van der Waals surface area contributed by atoms with Gasteiger partial charge in [-0.1, -0.05) is 49.1 Å². The fraction of sp³-hybridized carbons (Fsp3) is 0.375. The normalized spacial score (nSPS) is 17.5. The number of hydrogen-bond acceptors (Lipinski definition) is 2. The van der Waals surface area contributed by atoms with Crippen LogP contribution >= 0.6 is 22.6 Å². The van der Waals surface area contributed by atoms with Gasteiger partial charge in [0.2, 0.25) is 0 Å². The molecule has 0 amide bonds. The van der Waals surface area contributed by atoms with Gasteiger partial charge < -0.3 is 9.97 Å². The van der Waals surface area contributed by atoms with Crippen molar-refractivity contribution in [3.8, 4) is 0 Å². The first-order valence-corrected chi connectivity index (χ1v) is 14.9. The van der Waals surface area contributed by atoms with Crippen LogP contribution in [0.2, 0.25) is 0 Å². The van der Waals surface area contributed by atoms with Gasteiger partial charge in [0.15, 0.2) is 0 Å². The second-order valence-corrected chi connectivity index (χ2v) is 11.6. The maximum absolute atomic E-state index is 5.30. The summed E-state index contributed by atoms with van der Waals surface area (Å²) < 4.78 is 1.17. The molecule has 0 unspecified atom stereocenters. The number of fused-ring (bicyclic) bond motifs is 8. The SMILES string of the molecule is C=Cc1c(C)c2cc3nc(c(C)c4cc(C)c(cc5nc(cc1[nH]2)C(C)=C5CC)[nH]4)[C@@H](CCCI)[C@@H]3C. The fourth-order valence-corrected chi connectivity index (χ4v) is 6.41. The van der Waals surface area contributed by atoms with Crippen LogP contribution in [0.4, 0.5) is 0 Å². The quantitative estimate of drug-likeness (QED) is 0.225. The highest BCUT2D eigenvalue weighted by Gasteiger charge is 2.30. The summed E-state index contributed by atoms with van der Waals surface area (Å²) in [5.41, 5.74) is 16.2. The summed E-state index contributed by atoms with van der Waals surface area (Å²) in [6.45, 7) is 17.4. The average molecular weight is 605 g/mol. The van der Waals surface area contributed by atoms with E-state index in [1.54, 1.807) is 0 Å². The van der Waals surface area contributed by atoms with Crippen LogP contribution < -0.4 is 0 Å². The van der Waals surface area contributed by atoms with E-state index in [4.69, 9.17) is 9.97 Å². The summed E-state index contributed by atoms with van der Waals surface area (Å²) in [5, 5.41) is 0. The third-order valence-electron chi connectivity index (χ3n) is 8.33. The Morgan fingerprint density at radius 2 is 1.62 bits per heavy atom. The molecule has 0 radical (unpaired) electrons. The second kappa shape index (κ2) is 10.2. The highest BCUT2D eigenvalue weighted by atomic mass is 127. The summed E-state index contributed by atoms with van der Waals surface area (Å²) in [6.07, 6.45) is 5.25. The zero-order valence-corrected chi connectivity index (χ0v) is 25.0. The number of nitrogens with zero attached hydrogens (tertiary/aromatic N) is 2. The van der Waals surface area contributed by atoms with Gasteiger partial charge >= 0.3 is 0 Å². The molecule has 37 heavy (non-hydrogen) atoms. The third kappa shape index (κ3) is 4.49. The van der Waals surface area contributed by atoms with Crippen LogP contribution in [0, 0.1) is 20.8 Å². The van der Waals surface area contributed by atoms with Crippen molar-refractivity contribution < 1.29 is 0 Å². The molecule has 192 valence electrons. The molecule has 2 atom stereocenters. The highest BCUT2D eigenvalue weighted by molar-refractivity contribution is 14.1. The largest absolute Gasteiger partial charge is 0.355 e. The van der Waals surface area contributed by atoms with E-state index in [1.165, 1.54) is 44.4 Å². The summed E-state index contributed by atoms with van der Waals surface area (Å²) >= 11 is 2.49. The van der Waals surface area contributed by atoms with Crippen LogP contribution in [0.1, 0.15) is 96.9 Å². The van der Waals surface area contributed by atoms with Crippen molar-refractivity contribution in [2.45, 2.75) is 72.6 Å². The standard InChI is InChI=1S/C32H37IN4/c1-8-22-19(5)28-16-31-23(9-2)18(4)27(35-31)15-29-20(6)24(11-10-12-33)32(37-29)21(7)26-13-17(3)25(34-26)14-30(22)36-28/h9,13-16,20,24,34-35H,2,8,10-12H2,1,3-7H3/t20-,24-/m0/s1. The number of aryl methyl sites for hydroxylation is 3. The van der Waals surface area contributed by atoms with Crippen LogP contribution in [-0.4, -0.2) is 24.4 Å². The molecule has 0 spiro atoms. The first kappa shape index (κ1) is 26.0. The van der Waals surface area contributed by atoms with E-state index in [2.05, 4.69) is 105 Å². The molecule has 2 aliphatic heterocycles. The Labute approximate surface area is 233 Å². The van der Waals surface area contributed by atoms with E-state index in [0.717, 1.165) is 57.6 Å². The molecule has 5 heterocycles. The van der Waals surface area contributed by atoms with Crippen molar-refractivity contribution in [2.24, 2.45) is 0 Å². The predicted molar refractivity (Wildman–Crippen MR) is 167 cm³/mol. The van der Waals surface area contributed by atoms with E-state index in [0.29, 0.717) is 11.8 Å². The number of halogens is 1. The van der Waals surface area contributed by atoms with Gasteiger partial charge in [-0.05, 0) is 103 Å². The molecule has 2 aliphatic rings. The Morgan fingerprint density at radius 3 is 2.32 bits per heavy atom. The molecule has 8 bridgehead atoms. The van der Waals surface area contributed by atoms with Gasteiger partial charge in [0, 0.05) is 50.9 Å². The lowest BCUT2D eigenvalue weighted by Crippen LogP contribution is -2.04. The minimum absolute atomic E-state index is 0.362. The molecule has 5 rings (SSSR count). The maximum atomic E-state index is 5.30. The molecule has 3 aromatic heterocycles. The number of rotatable bonds is 5. The minimum atomic E-state index is 0.362. The fourth-order valence-electron chi connectivity index (χ4n) is 5.97. The molecule has 5 heteroatoms. The predicted octanol–water partition coefficient (Wildman–Crippen LogP) is 9.33. The lowest BCUT2D eigenvalue weighted by Gasteiger charge is -2.16. The Morgan fingerprint density at radius 1 is 0.919 bits per heavy atom. The Balaban J connectivity index is 1.93. The first-order chi connectivity index (χ1) is 17.8. The number of aromatic amines is 2. The number of aromatic nitrogens is 4. The van der Waals surface area contributed by atoms with E-state index >= 15 is 0 Å². The lowest BCUT2D eigenvalue weighted by atomic mass is 9.86. The number of alkyl halides is 1. The van der Waals surface area contributed by atoms with E-state index in [-0.39, 0.29) is 0 Å². The smallest absolute Gasteiger partial charge is 0.0693 e. The number of nitrogens with one attached hydrogen (secondary N) is 2. The van der Waals surface area contributed by atoms with Crippen molar-refractivity contribution in [2.75, 3.05) is 4.43 Å². The van der Waals surface area contributed by atoms with Crippen LogP contribution in [0.25, 0.3) is 39.3 Å². The Hall–Kier alpha value is -2.67. The zero-order valence-electron chi connectivity index (χ0n) is 22.8. The van der Waals surface area contributed by atoms with Gasteiger partial charge in [-0.25, -0.2) is 4.98 Å². The molecule has 0 aromatic carbocycles. The van der Waals surface area contributed by atoms with Crippen LogP contribution in [0.15, 0.2) is 30.8 Å². The molecule has 4 nitrogen and oxygen atoms in total. The van der Waals surface area contributed by atoms with Gasteiger partial charge in [0.05, 0.1) is 11.4 Å². The lowest BCUT2D eigenvalue weighted by molar-refractivity contribution is 0.552. The van der Waals surface area contributed by atoms with Crippen LogP contribution in [0.5, 0.6) is 0 Å². The Kier molecular flexibility index (Phi) is 7.18. The van der Waals surface area contributed by atoms with Gasteiger partial charge in [0.1, 0.15) is 0 Å². The van der Waals surface area contributed by atoms with Crippen molar-refractivity contribution in [3.05, 3.63) is 75.9 Å². The van der Waals surface area contributed by atoms with E-state index < -0.39 is 0 Å². The minimum Gasteiger partial charge on any atom is -0.355 e. The number of hydrogen-bond donors (Lipinski definition) is 2. The summed E-state index contributed by atoms with van der Waals surface area (Å²) in [4.78, 5) is 17.8. The molecular weight excluding hydrogens is 567 g/mol. The van der Waals surface area contributed by atoms with Gasteiger partial charge in [-0.15, -0.1) is 0 Å². The zero-order chi connectivity index (χ0) is 26.4.